The Morgan fingerprint density at radius 1 is 1.29 bits per heavy atom. The van der Waals surface area contributed by atoms with E-state index in [1.165, 1.54) is 32.2 Å². The molecule has 122 valence electrons. The van der Waals surface area contributed by atoms with Crippen LogP contribution in [0.2, 0.25) is 0 Å². The standard InChI is InChI=1S/C17H32N2O2/c1-3-18-17(16(20)21)11-6-9-15(17)10-12-19(2)13-14-7-4-5-8-14/h14-15,18H,3-13H2,1-2H3,(H,20,21). The first-order chi connectivity index (χ1) is 10.1. The van der Waals surface area contributed by atoms with Gasteiger partial charge in [-0.25, -0.2) is 0 Å². The van der Waals surface area contributed by atoms with Crippen LogP contribution in [0.5, 0.6) is 0 Å². The lowest BCUT2D eigenvalue weighted by Crippen LogP contribution is -2.55. The summed E-state index contributed by atoms with van der Waals surface area (Å²) in [7, 11) is 2.20. The van der Waals surface area contributed by atoms with E-state index in [0.29, 0.717) is 0 Å². The van der Waals surface area contributed by atoms with E-state index in [4.69, 9.17) is 0 Å². The van der Waals surface area contributed by atoms with Crippen molar-refractivity contribution < 1.29 is 9.90 Å². The number of carboxylic acids is 1. The fraction of sp³-hybridized carbons (Fsp3) is 0.941. The van der Waals surface area contributed by atoms with Gasteiger partial charge in [0.25, 0.3) is 0 Å². The SMILES string of the molecule is CCNC1(C(=O)O)CCCC1CCN(C)CC1CCCC1. The number of nitrogens with one attached hydrogen (secondary N) is 1. The Kier molecular flexibility index (Phi) is 6.06. The molecule has 0 aliphatic heterocycles. The summed E-state index contributed by atoms with van der Waals surface area (Å²) in [5.74, 6) is 0.503. The molecule has 0 radical (unpaired) electrons. The van der Waals surface area contributed by atoms with Crippen molar-refractivity contribution in [3.63, 3.8) is 0 Å². The lowest BCUT2D eigenvalue weighted by atomic mass is 9.84. The zero-order valence-electron chi connectivity index (χ0n) is 13.7. The zero-order chi connectivity index (χ0) is 15.3. The molecule has 0 spiro atoms. The molecule has 0 saturated heterocycles. The summed E-state index contributed by atoms with van der Waals surface area (Å²) >= 11 is 0. The summed E-state index contributed by atoms with van der Waals surface area (Å²) in [5, 5.41) is 13.0. The van der Waals surface area contributed by atoms with Crippen molar-refractivity contribution in [2.24, 2.45) is 11.8 Å². The van der Waals surface area contributed by atoms with E-state index in [-0.39, 0.29) is 5.92 Å². The Morgan fingerprint density at radius 3 is 2.62 bits per heavy atom. The summed E-state index contributed by atoms with van der Waals surface area (Å²) in [6.45, 7) is 4.96. The molecule has 0 heterocycles. The number of carboxylic acid groups (broad SMARTS) is 1. The predicted octanol–water partition coefficient (Wildman–Crippen LogP) is 2.73. The van der Waals surface area contributed by atoms with Crippen LogP contribution in [-0.2, 0) is 4.79 Å². The number of hydrogen-bond donors (Lipinski definition) is 2. The minimum absolute atomic E-state index is 0.279. The van der Waals surface area contributed by atoms with Crippen molar-refractivity contribution in [3.8, 4) is 0 Å². The molecule has 0 bridgehead atoms. The van der Waals surface area contributed by atoms with Crippen molar-refractivity contribution in [2.75, 3.05) is 26.7 Å². The van der Waals surface area contributed by atoms with Crippen LogP contribution in [0.3, 0.4) is 0 Å². The lowest BCUT2D eigenvalue weighted by Gasteiger charge is -2.33. The summed E-state index contributed by atoms with van der Waals surface area (Å²) < 4.78 is 0. The third kappa shape index (κ3) is 3.98. The molecule has 2 N–H and O–H groups in total. The van der Waals surface area contributed by atoms with Gasteiger partial charge < -0.3 is 15.3 Å². The number of hydrogen-bond acceptors (Lipinski definition) is 3. The van der Waals surface area contributed by atoms with Gasteiger partial charge in [-0.05, 0) is 64.1 Å². The molecule has 2 fully saturated rings. The number of likely N-dealkylation sites (N-methyl/N-ethyl adjacent to an activating group) is 1. The highest BCUT2D eigenvalue weighted by molar-refractivity contribution is 5.79. The molecule has 2 aliphatic rings. The normalized spacial score (nSPS) is 30.3. The summed E-state index contributed by atoms with van der Waals surface area (Å²) in [5.41, 5.74) is -0.664. The average molecular weight is 296 g/mol. The smallest absolute Gasteiger partial charge is 0.324 e. The molecule has 0 aromatic rings. The highest BCUT2D eigenvalue weighted by Gasteiger charge is 2.48. The molecule has 4 heteroatoms. The molecule has 2 aliphatic carbocycles. The Balaban J connectivity index is 1.84. The second-order valence-electron chi connectivity index (χ2n) is 7.10. The first kappa shape index (κ1) is 16.8. The van der Waals surface area contributed by atoms with E-state index in [1.54, 1.807) is 0 Å². The zero-order valence-corrected chi connectivity index (χ0v) is 13.7. The minimum Gasteiger partial charge on any atom is -0.480 e. The number of rotatable bonds is 8. The van der Waals surface area contributed by atoms with Crippen LogP contribution >= 0.6 is 0 Å². The maximum atomic E-state index is 11.8. The van der Waals surface area contributed by atoms with Gasteiger partial charge in [-0.1, -0.05) is 26.2 Å². The molecule has 21 heavy (non-hydrogen) atoms. The third-order valence-electron chi connectivity index (χ3n) is 5.60. The van der Waals surface area contributed by atoms with Crippen molar-refractivity contribution in [3.05, 3.63) is 0 Å². The van der Waals surface area contributed by atoms with Crippen LogP contribution in [0.25, 0.3) is 0 Å². The maximum absolute atomic E-state index is 11.8. The first-order valence-electron chi connectivity index (χ1n) is 8.75. The summed E-state index contributed by atoms with van der Waals surface area (Å²) in [4.78, 5) is 14.2. The Hall–Kier alpha value is -0.610. The van der Waals surface area contributed by atoms with E-state index < -0.39 is 11.5 Å². The Morgan fingerprint density at radius 2 is 2.00 bits per heavy atom. The van der Waals surface area contributed by atoms with Crippen LogP contribution in [0.15, 0.2) is 0 Å². The van der Waals surface area contributed by atoms with Gasteiger partial charge in [0.05, 0.1) is 0 Å². The van der Waals surface area contributed by atoms with E-state index in [0.717, 1.165) is 44.7 Å². The van der Waals surface area contributed by atoms with Gasteiger partial charge in [0, 0.05) is 6.54 Å². The quantitative estimate of drug-likeness (QED) is 0.723. The largest absolute Gasteiger partial charge is 0.480 e. The van der Waals surface area contributed by atoms with E-state index in [9.17, 15) is 9.90 Å². The van der Waals surface area contributed by atoms with E-state index in [1.807, 2.05) is 6.92 Å². The summed E-state index contributed by atoms with van der Waals surface area (Å²) in [6.07, 6.45) is 9.42. The molecule has 0 aromatic heterocycles. The third-order valence-corrected chi connectivity index (χ3v) is 5.60. The highest BCUT2D eigenvalue weighted by Crippen LogP contribution is 2.38. The molecular weight excluding hydrogens is 264 g/mol. The molecule has 0 aromatic carbocycles. The van der Waals surface area contributed by atoms with Gasteiger partial charge in [0.15, 0.2) is 0 Å². The number of carbonyl (C=O) groups is 1. The molecular formula is C17H32N2O2. The second-order valence-corrected chi connectivity index (χ2v) is 7.10. The lowest BCUT2D eigenvalue weighted by molar-refractivity contribution is -0.146. The van der Waals surface area contributed by atoms with Gasteiger partial charge in [-0.3, -0.25) is 4.79 Å². The average Bonchev–Trinajstić information content (AvgIpc) is 3.07. The van der Waals surface area contributed by atoms with Crippen molar-refractivity contribution in [2.45, 2.75) is 63.8 Å². The van der Waals surface area contributed by atoms with Crippen LogP contribution in [0.4, 0.5) is 0 Å². The fourth-order valence-electron chi connectivity index (χ4n) is 4.48. The van der Waals surface area contributed by atoms with Crippen molar-refractivity contribution in [1.29, 1.82) is 0 Å². The van der Waals surface area contributed by atoms with Gasteiger partial charge in [0.1, 0.15) is 5.54 Å². The molecule has 2 unspecified atom stereocenters. The van der Waals surface area contributed by atoms with Gasteiger partial charge in [-0.2, -0.15) is 0 Å². The van der Waals surface area contributed by atoms with Crippen LogP contribution in [-0.4, -0.2) is 48.2 Å². The maximum Gasteiger partial charge on any atom is 0.324 e. The van der Waals surface area contributed by atoms with Crippen molar-refractivity contribution >= 4 is 5.97 Å². The first-order valence-corrected chi connectivity index (χ1v) is 8.75. The van der Waals surface area contributed by atoms with E-state index >= 15 is 0 Å². The minimum atomic E-state index is -0.664. The van der Waals surface area contributed by atoms with Gasteiger partial charge in [-0.15, -0.1) is 0 Å². The topological polar surface area (TPSA) is 52.6 Å². The van der Waals surface area contributed by atoms with Crippen LogP contribution in [0, 0.1) is 11.8 Å². The monoisotopic (exact) mass is 296 g/mol. The number of aliphatic carboxylic acids is 1. The Bertz CT molecular complexity index is 342. The van der Waals surface area contributed by atoms with Crippen LogP contribution < -0.4 is 5.32 Å². The van der Waals surface area contributed by atoms with Crippen molar-refractivity contribution in [1.82, 2.24) is 10.2 Å². The van der Waals surface area contributed by atoms with E-state index in [2.05, 4.69) is 17.3 Å². The molecule has 4 nitrogen and oxygen atoms in total. The van der Waals surface area contributed by atoms with Crippen LogP contribution in [0.1, 0.15) is 58.3 Å². The van der Waals surface area contributed by atoms with Gasteiger partial charge >= 0.3 is 5.97 Å². The second kappa shape index (κ2) is 7.59. The highest BCUT2D eigenvalue weighted by atomic mass is 16.4. The molecule has 2 atom stereocenters. The Labute approximate surface area is 129 Å². The fourth-order valence-corrected chi connectivity index (χ4v) is 4.48. The number of nitrogens with zero attached hydrogens (tertiary/aromatic N) is 1. The summed E-state index contributed by atoms with van der Waals surface area (Å²) in [6, 6.07) is 0. The molecule has 2 saturated carbocycles. The predicted molar refractivity (Wildman–Crippen MR) is 85.5 cm³/mol. The molecule has 0 amide bonds. The van der Waals surface area contributed by atoms with Gasteiger partial charge in [0.2, 0.25) is 0 Å². The molecule has 2 rings (SSSR count).